The van der Waals surface area contributed by atoms with Crippen LogP contribution in [0.25, 0.3) is 0 Å². The Kier molecular flexibility index (Phi) is 4.39. The molecule has 0 saturated heterocycles. The molecule has 1 rings (SSSR count). The third-order valence-electron chi connectivity index (χ3n) is 2.97. The van der Waals surface area contributed by atoms with Crippen molar-refractivity contribution in [2.24, 2.45) is 0 Å². The summed E-state index contributed by atoms with van der Waals surface area (Å²) in [6.07, 6.45) is 0. The molecular weight excluding hydrogens is 266 g/mol. The highest BCUT2D eigenvalue weighted by atomic mass is 79.9. The average molecular weight is 286 g/mol. The van der Waals surface area contributed by atoms with Gasteiger partial charge in [-0.2, -0.15) is 0 Å². The van der Waals surface area contributed by atoms with Crippen LogP contribution >= 0.6 is 15.9 Å². The van der Waals surface area contributed by atoms with Gasteiger partial charge in [0.2, 0.25) is 0 Å². The summed E-state index contributed by atoms with van der Waals surface area (Å²) >= 11 is 3.66. The zero-order chi connectivity index (χ0) is 12.5. The summed E-state index contributed by atoms with van der Waals surface area (Å²) in [5.74, 6) is 1.02. The van der Waals surface area contributed by atoms with E-state index in [1.54, 1.807) is 7.11 Å². The number of ether oxygens (including phenoxy) is 1. The first-order valence-electron chi connectivity index (χ1n) is 5.37. The molecule has 1 aromatic carbocycles. The van der Waals surface area contributed by atoms with Gasteiger partial charge in [0.1, 0.15) is 5.75 Å². The van der Waals surface area contributed by atoms with Gasteiger partial charge in [-0.15, -0.1) is 0 Å². The number of halogens is 1. The van der Waals surface area contributed by atoms with Crippen LogP contribution in [0.1, 0.15) is 22.3 Å². The number of nitrogens with zero attached hydrogens (tertiary/aromatic N) is 1. The molecule has 0 aliphatic rings. The number of hydrogen-bond acceptors (Lipinski definition) is 2. The van der Waals surface area contributed by atoms with Gasteiger partial charge in [0.25, 0.3) is 0 Å². The van der Waals surface area contributed by atoms with Crippen LogP contribution in [0.4, 0.5) is 0 Å². The van der Waals surface area contributed by atoms with Crippen molar-refractivity contribution < 1.29 is 4.74 Å². The second-order valence-electron chi connectivity index (χ2n) is 4.44. The van der Waals surface area contributed by atoms with Crippen LogP contribution in [-0.2, 0) is 6.54 Å². The van der Waals surface area contributed by atoms with E-state index in [-0.39, 0.29) is 0 Å². The van der Waals surface area contributed by atoms with Gasteiger partial charge in [-0.25, -0.2) is 0 Å². The van der Waals surface area contributed by atoms with E-state index in [9.17, 15) is 0 Å². The van der Waals surface area contributed by atoms with Crippen LogP contribution in [-0.4, -0.2) is 26.1 Å². The van der Waals surface area contributed by atoms with Gasteiger partial charge in [-0.1, -0.05) is 15.9 Å². The lowest BCUT2D eigenvalue weighted by atomic mass is 9.98. The molecule has 0 radical (unpaired) electrons. The smallest absolute Gasteiger partial charge is 0.126 e. The summed E-state index contributed by atoms with van der Waals surface area (Å²) in [5, 5.41) is 0. The predicted octanol–water partition coefficient (Wildman–Crippen LogP) is 3.44. The van der Waals surface area contributed by atoms with Crippen molar-refractivity contribution in [1.82, 2.24) is 4.90 Å². The van der Waals surface area contributed by atoms with E-state index in [1.807, 2.05) is 0 Å². The first-order valence-corrected chi connectivity index (χ1v) is 6.16. The summed E-state index contributed by atoms with van der Waals surface area (Å²) in [6, 6.07) is 0. The van der Waals surface area contributed by atoms with Crippen molar-refractivity contribution in [3.63, 3.8) is 0 Å². The Morgan fingerprint density at radius 1 is 1.06 bits per heavy atom. The molecule has 1 aromatic rings. The van der Waals surface area contributed by atoms with Crippen molar-refractivity contribution in [1.29, 1.82) is 0 Å². The Balaban J connectivity index is 3.44. The van der Waals surface area contributed by atoms with E-state index in [1.165, 1.54) is 26.7 Å². The molecule has 0 spiro atoms. The van der Waals surface area contributed by atoms with Gasteiger partial charge in [0, 0.05) is 16.6 Å². The molecule has 0 bridgehead atoms. The van der Waals surface area contributed by atoms with Gasteiger partial charge in [-0.05, 0) is 51.6 Å². The monoisotopic (exact) mass is 285 g/mol. The Morgan fingerprint density at radius 3 is 2.06 bits per heavy atom. The minimum absolute atomic E-state index is 0.898. The largest absolute Gasteiger partial charge is 0.496 e. The topological polar surface area (TPSA) is 12.5 Å². The fourth-order valence-corrected chi connectivity index (χ4v) is 2.46. The van der Waals surface area contributed by atoms with Crippen LogP contribution in [0.3, 0.4) is 0 Å². The van der Waals surface area contributed by atoms with Crippen LogP contribution in [0, 0.1) is 20.8 Å². The van der Waals surface area contributed by atoms with Gasteiger partial charge in [0.15, 0.2) is 0 Å². The summed E-state index contributed by atoms with van der Waals surface area (Å²) in [5.41, 5.74) is 5.02. The van der Waals surface area contributed by atoms with E-state index in [0.29, 0.717) is 0 Å². The summed E-state index contributed by atoms with van der Waals surface area (Å²) in [7, 11) is 5.89. The first-order chi connectivity index (χ1) is 7.40. The van der Waals surface area contributed by atoms with Crippen LogP contribution in [0.2, 0.25) is 0 Å². The van der Waals surface area contributed by atoms with Crippen molar-refractivity contribution in [2.75, 3.05) is 21.2 Å². The molecule has 0 amide bonds. The standard InChI is InChI=1S/C13H20BrNO/c1-8-9(2)13(16-6)11(7-15(4)5)10(3)12(8)14/h7H2,1-6H3. The number of rotatable bonds is 3. The molecule has 0 saturated carbocycles. The highest BCUT2D eigenvalue weighted by Crippen LogP contribution is 2.36. The zero-order valence-corrected chi connectivity index (χ0v) is 12.5. The maximum Gasteiger partial charge on any atom is 0.126 e. The normalized spacial score (nSPS) is 11.0. The molecule has 90 valence electrons. The maximum atomic E-state index is 5.55. The molecular formula is C13H20BrNO. The van der Waals surface area contributed by atoms with Gasteiger partial charge in [0.05, 0.1) is 7.11 Å². The van der Waals surface area contributed by atoms with Gasteiger partial charge < -0.3 is 9.64 Å². The Morgan fingerprint density at radius 2 is 1.62 bits per heavy atom. The average Bonchev–Trinajstić information content (AvgIpc) is 2.23. The third-order valence-corrected chi connectivity index (χ3v) is 4.16. The van der Waals surface area contributed by atoms with Crippen molar-refractivity contribution in [3.8, 4) is 5.75 Å². The Hall–Kier alpha value is -0.540. The first kappa shape index (κ1) is 13.5. The zero-order valence-electron chi connectivity index (χ0n) is 10.9. The fraction of sp³-hybridized carbons (Fsp3) is 0.538. The van der Waals surface area contributed by atoms with Crippen molar-refractivity contribution in [2.45, 2.75) is 27.3 Å². The van der Waals surface area contributed by atoms with E-state index in [4.69, 9.17) is 4.74 Å². The van der Waals surface area contributed by atoms with E-state index in [0.717, 1.165) is 12.3 Å². The quantitative estimate of drug-likeness (QED) is 0.844. The molecule has 3 heteroatoms. The lowest BCUT2D eigenvalue weighted by molar-refractivity contribution is 0.368. The van der Waals surface area contributed by atoms with E-state index < -0.39 is 0 Å². The van der Waals surface area contributed by atoms with Gasteiger partial charge in [-0.3, -0.25) is 0 Å². The molecule has 0 aliphatic carbocycles. The predicted molar refractivity (Wildman–Crippen MR) is 72.3 cm³/mol. The second kappa shape index (κ2) is 5.19. The molecule has 0 aliphatic heterocycles. The molecule has 0 atom stereocenters. The minimum atomic E-state index is 0.898. The third kappa shape index (κ3) is 2.41. The molecule has 0 N–H and O–H groups in total. The van der Waals surface area contributed by atoms with E-state index in [2.05, 4.69) is 55.7 Å². The summed E-state index contributed by atoms with van der Waals surface area (Å²) in [4.78, 5) is 2.16. The second-order valence-corrected chi connectivity index (χ2v) is 5.23. The van der Waals surface area contributed by atoms with E-state index >= 15 is 0 Å². The van der Waals surface area contributed by atoms with Crippen molar-refractivity contribution >= 4 is 15.9 Å². The van der Waals surface area contributed by atoms with Crippen LogP contribution < -0.4 is 4.74 Å². The Bertz CT molecular complexity index is 400. The molecule has 0 aromatic heterocycles. The SMILES string of the molecule is COc1c(C)c(C)c(Br)c(C)c1CN(C)C. The fourth-order valence-electron chi connectivity index (χ4n) is 1.93. The summed E-state index contributed by atoms with van der Waals surface area (Å²) < 4.78 is 6.74. The Labute approximate surface area is 107 Å². The molecule has 0 heterocycles. The van der Waals surface area contributed by atoms with Crippen LogP contribution in [0.5, 0.6) is 5.75 Å². The number of methoxy groups -OCH3 is 1. The van der Waals surface area contributed by atoms with Gasteiger partial charge >= 0.3 is 0 Å². The van der Waals surface area contributed by atoms with Crippen LogP contribution in [0.15, 0.2) is 4.47 Å². The highest BCUT2D eigenvalue weighted by molar-refractivity contribution is 9.10. The summed E-state index contributed by atoms with van der Waals surface area (Å²) in [6.45, 7) is 7.26. The minimum Gasteiger partial charge on any atom is -0.496 e. The van der Waals surface area contributed by atoms with Crippen molar-refractivity contribution in [3.05, 3.63) is 26.7 Å². The lowest BCUT2D eigenvalue weighted by Crippen LogP contribution is -2.14. The highest BCUT2D eigenvalue weighted by Gasteiger charge is 2.16. The molecule has 0 fully saturated rings. The molecule has 0 unspecified atom stereocenters. The number of hydrogen-bond donors (Lipinski definition) is 0. The lowest BCUT2D eigenvalue weighted by Gasteiger charge is -2.21. The maximum absolute atomic E-state index is 5.55. The molecule has 2 nitrogen and oxygen atoms in total. The molecule has 16 heavy (non-hydrogen) atoms. The number of benzene rings is 1.